The van der Waals surface area contributed by atoms with Crippen LogP contribution in [0.2, 0.25) is 0 Å². The predicted molar refractivity (Wildman–Crippen MR) is 120 cm³/mol. The Morgan fingerprint density at radius 1 is 1.16 bits per heavy atom. The summed E-state index contributed by atoms with van der Waals surface area (Å²) in [5.74, 6) is 0.829. The number of aromatic amines is 1. The van der Waals surface area contributed by atoms with Crippen LogP contribution in [0.1, 0.15) is 51.8 Å². The molecular formula is C25H26N4O2. The lowest BCUT2D eigenvalue weighted by molar-refractivity contribution is 0.0704. The highest BCUT2D eigenvalue weighted by atomic mass is 16.5. The standard InChI is InChI=1S/C25H26N4O2/c1-15-6-4-8-20-22(18-9-11-26-12-10-18)24(27-23(15)20)19-7-5-13-29(14-19)25(30)21-16(2)28-31-17(21)3/h4,6,8-12,19,27H,5,7,13-14H2,1-3H3/t19-/m0/s1. The van der Waals surface area contributed by atoms with E-state index in [0.29, 0.717) is 23.6 Å². The Morgan fingerprint density at radius 3 is 2.71 bits per heavy atom. The van der Waals surface area contributed by atoms with Crippen molar-refractivity contribution in [1.29, 1.82) is 0 Å². The first kappa shape index (κ1) is 19.5. The number of carbonyl (C=O) groups excluding carboxylic acids is 1. The summed E-state index contributed by atoms with van der Waals surface area (Å²) in [5, 5.41) is 5.18. The van der Waals surface area contributed by atoms with Crippen LogP contribution in [0.3, 0.4) is 0 Å². The zero-order chi connectivity index (χ0) is 21.5. The first-order chi connectivity index (χ1) is 15.0. The van der Waals surface area contributed by atoms with Gasteiger partial charge in [-0.25, -0.2) is 0 Å². The van der Waals surface area contributed by atoms with Crippen LogP contribution in [0.5, 0.6) is 0 Å². The number of nitrogens with zero attached hydrogens (tertiary/aromatic N) is 3. The highest BCUT2D eigenvalue weighted by molar-refractivity contribution is 5.99. The largest absolute Gasteiger partial charge is 0.361 e. The number of amides is 1. The first-order valence-corrected chi connectivity index (χ1v) is 10.8. The van der Waals surface area contributed by atoms with Crippen molar-refractivity contribution < 1.29 is 9.32 Å². The van der Waals surface area contributed by atoms with Crippen molar-refractivity contribution in [2.75, 3.05) is 13.1 Å². The number of pyridine rings is 1. The molecule has 0 radical (unpaired) electrons. The van der Waals surface area contributed by atoms with E-state index < -0.39 is 0 Å². The number of hydrogen-bond donors (Lipinski definition) is 1. The van der Waals surface area contributed by atoms with Crippen molar-refractivity contribution in [2.24, 2.45) is 0 Å². The molecule has 4 aromatic rings. The lowest BCUT2D eigenvalue weighted by Crippen LogP contribution is -2.39. The Balaban J connectivity index is 1.56. The van der Waals surface area contributed by atoms with Crippen LogP contribution in [0.4, 0.5) is 0 Å². The maximum Gasteiger partial charge on any atom is 0.259 e. The van der Waals surface area contributed by atoms with E-state index in [2.05, 4.69) is 52.4 Å². The van der Waals surface area contributed by atoms with Crippen LogP contribution in [0.25, 0.3) is 22.0 Å². The molecule has 0 bridgehead atoms. The second kappa shape index (κ2) is 7.69. The maximum absolute atomic E-state index is 13.3. The minimum atomic E-state index is 0.0127. The third kappa shape index (κ3) is 3.32. The van der Waals surface area contributed by atoms with E-state index in [4.69, 9.17) is 4.52 Å². The second-order valence-electron chi connectivity index (χ2n) is 8.44. The number of carbonyl (C=O) groups is 1. The molecule has 6 nitrogen and oxygen atoms in total. The van der Waals surface area contributed by atoms with Gasteiger partial charge < -0.3 is 14.4 Å². The first-order valence-electron chi connectivity index (χ1n) is 10.8. The Labute approximate surface area is 181 Å². The van der Waals surface area contributed by atoms with Crippen LogP contribution in [0, 0.1) is 20.8 Å². The molecular weight excluding hydrogens is 388 g/mol. The lowest BCUT2D eigenvalue weighted by Gasteiger charge is -2.33. The summed E-state index contributed by atoms with van der Waals surface area (Å²) in [4.78, 5) is 23.1. The minimum absolute atomic E-state index is 0.0127. The summed E-state index contributed by atoms with van der Waals surface area (Å²) >= 11 is 0. The number of para-hydroxylation sites is 1. The number of rotatable bonds is 3. The van der Waals surface area contributed by atoms with Gasteiger partial charge in [-0.15, -0.1) is 0 Å². The molecule has 1 aliphatic heterocycles. The monoisotopic (exact) mass is 414 g/mol. The van der Waals surface area contributed by atoms with Crippen molar-refractivity contribution >= 4 is 16.8 Å². The van der Waals surface area contributed by atoms with Crippen LogP contribution in [-0.2, 0) is 0 Å². The van der Waals surface area contributed by atoms with E-state index in [9.17, 15) is 4.79 Å². The summed E-state index contributed by atoms with van der Waals surface area (Å²) in [6.07, 6.45) is 5.67. The smallest absolute Gasteiger partial charge is 0.259 e. The van der Waals surface area contributed by atoms with Crippen LogP contribution in [0.15, 0.2) is 47.2 Å². The Hall–Kier alpha value is -3.41. The number of fused-ring (bicyclic) bond motifs is 1. The van der Waals surface area contributed by atoms with Crippen molar-refractivity contribution in [3.63, 3.8) is 0 Å². The van der Waals surface area contributed by atoms with E-state index in [1.54, 1.807) is 6.92 Å². The zero-order valence-electron chi connectivity index (χ0n) is 18.1. The Kier molecular flexibility index (Phi) is 4.85. The number of H-pyrrole nitrogens is 1. The number of aryl methyl sites for hydroxylation is 3. The predicted octanol–water partition coefficient (Wildman–Crippen LogP) is 5.16. The van der Waals surface area contributed by atoms with Gasteiger partial charge in [-0.1, -0.05) is 23.4 Å². The number of hydrogen-bond acceptors (Lipinski definition) is 4. The second-order valence-corrected chi connectivity index (χ2v) is 8.44. The molecule has 1 amide bonds. The van der Waals surface area contributed by atoms with Gasteiger partial charge >= 0.3 is 0 Å². The molecule has 4 heterocycles. The van der Waals surface area contributed by atoms with E-state index in [1.807, 2.05) is 24.2 Å². The van der Waals surface area contributed by atoms with Gasteiger partial charge in [0.2, 0.25) is 0 Å². The molecule has 1 fully saturated rings. The average Bonchev–Trinajstić information content (AvgIpc) is 3.35. The summed E-state index contributed by atoms with van der Waals surface area (Å²) < 4.78 is 5.24. The van der Waals surface area contributed by atoms with Crippen molar-refractivity contribution in [3.8, 4) is 11.1 Å². The fourth-order valence-electron chi connectivity index (χ4n) is 4.86. The van der Waals surface area contributed by atoms with E-state index in [-0.39, 0.29) is 11.8 Å². The van der Waals surface area contributed by atoms with Crippen molar-refractivity contribution in [3.05, 3.63) is 71.0 Å². The van der Waals surface area contributed by atoms with Gasteiger partial charge in [0, 0.05) is 53.6 Å². The molecule has 0 saturated carbocycles. The molecule has 5 rings (SSSR count). The highest BCUT2D eigenvalue weighted by Crippen LogP contribution is 2.40. The SMILES string of the molecule is Cc1noc(C)c1C(=O)N1CCC[C@H](c2[nH]c3c(C)cccc3c2-c2ccncc2)C1. The molecule has 158 valence electrons. The molecule has 3 aromatic heterocycles. The van der Waals surface area contributed by atoms with E-state index in [0.717, 1.165) is 24.9 Å². The lowest BCUT2D eigenvalue weighted by atomic mass is 9.89. The summed E-state index contributed by atoms with van der Waals surface area (Å²) in [7, 11) is 0. The highest BCUT2D eigenvalue weighted by Gasteiger charge is 2.31. The van der Waals surface area contributed by atoms with Crippen molar-refractivity contribution in [2.45, 2.75) is 39.5 Å². The van der Waals surface area contributed by atoms with Gasteiger partial charge in [-0.2, -0.15) is 0 Å². The quantitative estimate of drug-likeness (QED) is 0.502. The fraction of sp³-hybridized carbons (Fsp3) is 0.320. The van der Waals surface area contributed by atoms with Gasteiger partial charge in [0.05, 0.1) is 5.69 Å². The van der Waals surface area contributed by atoms with Crippen LogP contribution >= 0.6 is 0 Å². The van der Waals surface area contributed by atoms with Crippen LogP contribution < -0.4 is 0 Å². The topological polar surface area (TPSA) is 75.0 Å². The van der Waals surface area contributed by atoms with Gasteiger partial charge in [-0.3, -0.25) is 9.78 Å². The van der Waals surface area contributed by atoms with Crippen LogP contribution in [-0.4, -0.2) is 39.0 Å². The Morgan fingerprint density at radius 2 is 1.97 bits per heavy atom. The number of likely N-dealkylation sites (tertiary alicyclic amines) is 1. The molecule has 1 atom stereocenters. The fourth-order valence-corrected chi connectivity index (χ4v) is 4.86. The molecule has 1 saturated heterocycles. The molecule has 0 spiro atoms. The molecule has 1 aromatic carbocycles. The van der Waals surface area contributed by atoms with E-state index in [1.165, 1.54) is 27.7 Å². The average molecular weight is 415 g/mol. The third-order valence-electron chi connectivity index (χ3n) is 6.40. The number of piperidine rings is 1. The molecule has 0 aliphatic carbocycles. The summed E-state index contributed by atoms with van der Waals surface area (Å²) in [5.41, 5.74) is 7.21. The number of aromatic nitrogens is 3. The third-order valence-corrected chi connectivity index (χ3v) is 6.40. The molecule has 6 heteroatoms. The number of benzene rings is 1. The molecule has 1 N–H and O–H groups in total. The molecule has 0 unspecified atom stereocenters. The number of nitrogens with one attached hydrogen (secondary N) is 1. The Bertz CT molecular complexity index is 1240. The van der Waals surface area contributed by atoms with Crippen molar-refractivity contribution in [1.82, 2.24) is 20.0 Å². The van der Waals surface area contributed by atoms with E-state index >= 15 is 0 Å². The normalized spacial score (nSPS) is 16.7. The minimum Gasteiger partial charge on any atom is -0.361 e. The molecule has 31 heavy (non-hydrogen) atoms. The molecule has 1 aliphatic rings. The maximum atomic E-state index is 13.3. The zero-order valence-corrected chi connectivity index (χ0v) is 18.1. The van der Waals surface area contributed by atoms with Gasteiger partial charge in [-0.05, 0) is 56.9 Å². The van der Waals surface area contributed by atoms with Gasteiger partial charge in [0.1, 0.15) is 11.3 Å². The van der Waals surface area contributed by atoms with Gasteiger partial charge in [0.15, 0.2) is 0 Å². The summed E-state index contributed by atoms with van der Waals surface area (Å²) in [6.45, 7) is 7.19. The van der Waals surface area contributed by atoms with Gasteiger partial charge in [0.25, 0.3) is 5.91 Å². The summed E-state index contributed by atoms with van der Waals surface area (Å²) in [6, 6.07) is 10.5.